The summed E-state index contributed by atoms with van der Waals surface area (Å²) in [5, 5.41) is 8.70. The Bertz CT molecular complexity index is 1310. The number of hydrogen-bond acceptors (Lipinski definition) is 7. The Hall–Kier alpha value is -3.70. The third-order valence-corrected chi connectivity index (χ3v) is 7.90. The molecule has 3 aromatic heterocycles. The van der Waals surface area contributed by atoms with Gasteiger partial charge >= 0.3 is 0 Å². The Morgan fingerprint density at radius 3 is 2.64 bits per heavy atom. The molecule has 0 spiro atoms. The summed E-state index contributed by atoms with van der Waals surface area (Å²) in [4.78, 5) is 16.6. The van der Waals surface area contributed by atoms with Gasteiger partial charge in [-0.1, -0.05) is 12.1 Å². The van der Waals surface area contributed by atoms with Gasteiger partial charge in [-0.2, -0.15) is 5.10 Å². The molecule has 33 heavy (non-hydrogen) atoms. The van der Waals surface area contributed by atoms with E-state index in [1.165, 1.54) is 11.4 Å². The van der Waals surface area contributed by atoms with E-state index in [4.69, 9.17) is 4.74 Å². The van der Waals surface area contributed by atoms with Crippen molar-refractivity contribution >= 4 is 33.0 Å². The summed E-state index contributed by atoms with van der Waals surface area (Å²) >= 11 is 1.16. The molecule has 1 amide bonds. The zero-order valence-corrected chi connectivity index (χ0v) is 19.3. The Balaban J connectivity index is 1.32. The number of thiophene rings is 1. The second-order valence-electron chi connectivity index (χ2n) is 6.90. The number of ether oxygens (including phenoxy) is 1. The van der Waals surface area contributed by atoms with Crippen LogP contribution in [0.15, 0.2) is 82.8 Å². The Morgan fingerprint density at radius 1 is 1.12 bits per heavy atom. The molecule has 1 aromatic carbocycles. The number of carbonyl (C=O) groups is 1. The Labute approximate surface area is 195 Å². The summed E-state index contributed by atoms with van der Waals surface area (Å²) in [6.45, 7) is 0.0928. The number of carbonyl (C=O) groups excluding carboxylic acids is 1. The van der Waals surface area contributed by atoms with Crippen LogP contribution in [-0.4, -0.2) is 42.7 Å². The van der Waals surface area contributed by atoms with E-state index in [2.05, 4.69) is 15.4 Å². The van der Waals surface area contributed by atoms with Crippen LogP contribution in [0.2, 0.25) is 0 Å². The fourth-order valence-corrected chi connectivity index (χ4v) is 5.36. The average Bonchev–Trinajstić information content (AvgIpc) is 3.56. The van der Waals surface area contributed by atoms with E-state index in [1.807, 2.05) is 6.07 Å². The number of benzene rings is 1. The predicted octanol–water partition coefficient (Wildman–Crippen LogP) is 2.85. The highest BCUT2D eigenvalue weighted by atomic mass is 32.2. The van der Waals surface area contributed by atoms with Crippen LogP contribution in [0.5, 0.6) is 5.75 Å². The van der Waals surface area contributed by atoms with Crippen LogP contribution in [0.25, 0.3) is 5.82 Å². The molecule has 0 saturated carbocycles. The number of aromatic nitrogens is 3. The quantitative estimate of drug-likeness (QED) is 0.392. The highest BCUT2D eigenvalue weighted by Gasteiger charge is 2.22. The molecule has 4 rings (SSSR count). The van der Waals surface area contributed by atoms with Crippen molar-refractivity contribution < 1.29 is 17.9 Å². The third kappa shape index (κ3) is 5.21. The number of sulfonamides is 1. The summed E-state index contributed by atoms with van der Waals surface area (Å²) in [7, 11) is -2.11. The lowest BCUT2D eigenvalue weighted by Gasteiger charge is -2.18. The third-order valence-electron chi connectivity index (χ3n) is 4.75. The first kappa shape index (κ1) is 22.5. The lowest BCUT2D eigenvalue weighted by molar-refractivity contribution is -0.123. The molecule has 170 valence electrons. The van der Waals surface area contributed by atoms with Crippen molar-refractivity contribution in [2.24, 2.45) is 0 Å². The van der Waals surface area contributed by atoms with Crippen molar-refractivity contribution in [1.82, 2.24) is 20.1 Å². The maximum atomic E-state index is 12.6. The van der Waals surface area contributed by atoms with Gasteiger partial charge < -0.3 is 10.1 Å². The summed E-state index contributed by atoms with van der Waals surface area (Å²) in [6, 6.07) is 15.2. The molecule has 0 unspecified atom stereocenters. The molecule has 0 aliphatic heterocycles. The van der Waals surface area contributed by atoms with Gasteiger partial charge in [-0.05, 0) is 47.8 Å². The standard InChI is InChI=1S/C22H21N5O4S2/c1-26(33(29,30)21-6-3-14-32-21)18-7-9-19(10-8-18)31-16-20(28)24-15-17-5-2-11-23-22(17)27-13-4-12-25-27/h2-14H,15-16H2,1H3,(H,24,28). The second-order valence-corrected chi connectivity index (χ2v) is 10.0. The van der Waals surface area contributed by atoms with E-state index in [-0.39, 0.29) is 23.3 Å². The molecule has 9 nitrogen and oxygen atoms in total. The van der Waals surface area contributed by atoms with Crippen LogP contribution >= 0.6 is 11.3 Å². The predicted molar refractivity (Wildman–Crippen MR) is 125 cm³/mol. The van der Waals surface area contributed by atoms with Gasteiger partial charge in [0, 0.05) is 37.7 Å². The molecule has 1 N–H and O–H groups in total. The van der Waals surface area contributed by atoms with Crippen LogP contribution in [0.1, 0.15) is 5.56 Å². The molecule has 11 heteroatoms. The molecule has 4 aromatic rings. The number of pyridine rings is 1. The number of amides is 1. The van der Waals surface area contributed by atoms with Gasteiger partial charge in [0.2, 0.25) is 0 Å². The Morgan fingerprint density at radius 2 is 1.94 bits per heavy atom. The van der Waals surface area contributed by atoms with E-state index in [1.54, 1.807) is 77.2 Å². The molecule has 0 bridgehead atoms. The van der Waals surface area contributed by atoms with E-state index in [0.29, 0.717) is 17.3 Å². The summed E-state index contributed by atoms with van der Waals surface area (Å²) in [6.07, 6.45) is 5.10. The van der Waals surface area contributed by atoms with E-state index in [0.717, 1.165) is 16.9 Å². The first-order chi connectivity index (χ1) is 15.9. The van der Waals surface area contributed by atoms with Crippen molar-refractivity contribution in [1.29, 1.82) is 0 Å². The van der Waals surface area contributed by atoms with Crippen molar-refractivity contribution in [3.05, 3.63) is 84.1 Å². The largest absolute Gasteiger partial charge is 0.484 e. The smallest absolute Gasteiger partial charge is 0.273 e. The van der Waals surface area contributed by atoms with Gasteiger partial charge in [0.1, 0.15) is 9.96 Å². The Kier molecular flexibility index (Phi) is 6.71. The monoisotopic (exact) mass is 483 g/mol. The van der Waals surface area contributed by atoms with Crippen LogP contribution in [0.4, 0.5) is 5.69 Å². The highest BCUT2D eigenvalue weighted by molar-refractivity contribution is 7.94. The fourth-order valence-electron chi connectivity index (χ4n) is 3.00. The molecule has 3 heterocycles. The first-order valence-corrected chi connectivity index (χ1v) is 12.2. The minimum Gasteiger partial charge on any atom is -0.484 e. The molecule has 0 aliphatic carbocycles. The second kappa shape index (κ2) is 9.84. The normalized spacial score (nSPS) is 11.2. The summed E-state index contributed by atoms with van der Waals surface area (Å²) < 4.78 is 33.9. The van der Waals surface area contributed by atoms with Crippen molar-refractivity contribution in [3.63, 3.8) is 0 Å². The average molecular weight is 484 g/mol. The molecule has 0 saturated heterocycles. The molecule has 0 aliphatic rings. The molecule has 0 atom stereocenters. The summed E-state index contributed by atoms with van der Waals surface area (Å²) in [5.74, 6) is 0.794. The molecule has 0 fully saturated rings. The van der Waals surface area contributed by atoms with Gasteiger partial charge in [0.15, 0.2) is 12.4 Å². The van der Waals surface area contributed by atoms with Crippen LogP contribution in [0.3, 0.4) is 0 Å². The SMILES string of the molecule is CN(c1ccc(OCC(=O)NCc2cccnc2-n2cccn2)cc1)S(=O)(=O)c1cccs1. The number of nitrogens with one attached hydrogen (secondary N) is 1. The molecular formula is C22H21N5O4S2. The van der Waals surface area contributed by atoms with Crippen LogP contribution in [-0.2, 0) is 21.4 Å². The maximum Gasteiger partial charge on any atom is 0.273 e. The zero-order chi connectivity index (χ0) is 23.3. The van der Waals surface area contributed by atoms with E-state index in [9.17, 15) is 13.2 Å². The molecule has 0 radical (unpaired) electrons. The topological polar surface area (TPSA) is 106 Å². The van der Waals surface area contributed by atoms with E-state index < -0.39 is 10.0 Å². The number of anilines is 1. The lowest BCUT2D eigenvalue weighted by atomic mass is 10.2. The fraction of sp³-hybridized carbons (Fsp3) is 0.136. The van der Waals surface area contributed by atoms with Gasteiger partial charge in [0.25, 0.3) is 15.9 Å². The summed E-state index contributed by atoms with van der Waals surface area (Å²) in [5.41, 5.74) is 1.30. The van der Waals surface area contributed by atoms with Gasteiger partial charge in [-0.15, -0.1) is 11.3 Å². The number of rotatable bonds is 9. The minimum absolute atomic E-state index is 0.181. The van der Waals surface area contributed by atoms with Crippen LogP contribution < -0.4 is 14.4 Å². The molecular weight excluding hydrogens is 462 g/mol. The minimum atomic E-state index is -3.61. The van der Waals surface area contributed by atoms with E-state index >= 15 is 0 Å². The number of hydrogen-bond donors (Lipinski definition) is 1. The van der Waals surface area contributed by atoms with Crippen molar-refractivity contribution in [2.45, 2.75) is 10.8 Å². The van der Waals surface area contributed by atoms with Gasteiger partial charge in [-0.3, -0.25) is 9.10 Å². The highest BCUT2D eigenvalue weighted by Crippen LogP contribution is 2.26. The number of nitrogens with zero attached hydrogens (tertiary/aromatic N) is 4. The van der Waals surface area contributed by atoms with Gasteiger partial charge in [0.05, 0.1) is 5.69 Å². The zero-order valence-electron chi connectivity index (χ0n) is 17.7. The maximum absolute atomic E-state index is 12.6. The van der Waals surface area contributed by atoms with Crippen LogP contribution in [0, 0.1) is 0 Å². The van der Waals surface area contributed by atoms with Gasteiger partial charge in [-0.25, -0.2) is 18.1 Å². The van der Waals surface area contributed by atoms with Crippen molar-refractivity contribution in [2.75, 3.05) is 18.0 Å². The lowest BCUT2D eigenvalue weighted by Crippen LogP contribution is -2.29. The van der Waals surface area contributed by atoms with Crippen molar-refractivity contribution in [3.8, 4) is 11.6 Å². The first-order valence-electron chi connectivity index (χ1n) is 9.91.